The largest absolute Gasteiger partial charge is 0.358 e. The standard InChI is InChI=1S/C8H10ClN3O2/c1-5-11-6(9)3-8(14)12(5)4-7(13)10-2/h3H,4H2,1-2H3,(H,10,13). The van der Waals surface area contributed by atoms with Crippen LogP contribution in [0.25, 0.3) is 0 Å². The summed E-state index contributed by atoms with van der Waals surface area (Å²) in [6.07, 6.45) is 0. The van der Waals surface area contributed by atoms with Crippen molar-refractivity contribution in [2.24, 2.45) is 0 Å². The molecule has 0 unspecified atom stereocenters. The second kappa shape index (κ2) is 4.23. The maximum Gasteiger partial charge on any atom is 0.255 e. The zero-order valence-electron chi connectivity index (χ0n) is 7.87. The van der Waals surface area contributed by atoms with E-state index in [2.05, 4.69) is 10.3 Å². The minimum atomic E-state index is -0.328. The lowest BCUT2D eigenvalue weighted by Crippen LogP contribution is -2.31. The van der Waals surface area contributed by atoms with Crippen molar-refractivity contribution < 1.29 is 4.79 Å². The molecule has 0 aromatic carbocycles. The molecule has 6 heteroatoms. The average molecular weight is 216 g/mol. The quantitative estimate of drug-likeness (QED) is 0.704. The van der Waals surface area contributed by atoms with Gasteiger partial charge in [-0.1, -0.05) is 11.6 Å². The van der Waals surface area contributed by atoms with Crippen molar-refractivity contribution in [1.82, 2.24) is 14.9 Å². The second-order valence-corrected chi connectivity index (χ2v) is 3.11. The van der Waals surface area contributed by atoms with E-state index in [1.54, 1.807) is 6.92 Å². The van der Waals surface area contributed by atoms with Crippen LogP contribution in [0.1, 0.15) is 5.82 Å². The molecular weight excluding hydrogens is 206 g/mol. The van der Waals surface area contributed by atoms with Gasteiger partial charge in [-0.2, -0.15) is 0 Å². The number of nitrogens with zero attached hydrogens (tertiary/aromatic N) is 2. The summed E-state index contributed by atoms with van der Waals surface area (Å²) >= 11 is 5.57. The minimum absolute atomic E-state index is 0.0364. The fourth-order valence-corrected chi connectivity index (χ4v) is 1.22. The van der Waals surface area contributed by atoms with E-state index in [0.29, 0.717) is 5.82 Å². The Morgan fingerprint density at radius 2 is 2.36 bits per heavy atom. The number of amides is 1. The molecule has 0 aliphatic carbocycles. The Bertz CT molecular complexity index is 414. The Kier molecular flexibility index (Phi) is 3.24. The fourth-order valence-electron chi connectivity index (χ4n) is 1.00. The molecular formula is C8H10ClN3O2. The summed E-state index contributed by atoms with van der Waals surface area (Å²) in [7, 11) is 1.51. The molecule has 0 radical (unpaired) electrons. The van der Waals surface area contributed by atoms with Gasteiger partial charge >= 0.3 is 0 Å². The summed E-state index contributed by atoms with van der Waals surface area (Å²) in [5.41, 5.74) is -0.328. The zero-order chi connectivity index (χ0) is 10.7. The maximum atomic E-state index is 11.4. The summed E-state index contributed by atoms with van der Waals surface area (Å²) in [6, 6.07) is 1.18. The lowest BCUT2D eigenvalue weighted by molar-refractivity contribution is -0.121. The van der Waals surface area contributed by atoms with Crippen LogP contribution >= 0.6 is 11.6 Å². The number of hydrogen-bond acceptors (Lipinski definition) is 3. The number of halogens is 1. The van der Waals surface area contributed by atoms with Crippen molar-refractivity contribution in [3.8, 4) is 0 Å². The van der Waals surface area contributed by atoms with Gasteiger partial charge in [0.05, 0.1) is 0 Å². The number of aromatic nitrogens is 2. The molecule has 0 spiro atoms. The van der Waals surface area contributed by atoms with Crippen LogP contribution < -0.4 is 10.9 Å². The number of likely N-dealkylation sites (N-methyl/N-ethyl adjacent to an activating group) is 1. The number of carbonyl (C=O) groups excluding carboxylic acids is 1. The molecule has 0 atom stereocenters. The van der Waals surface area contributed by atoms with Gasteiger partial charge in [0.2, 0.25) is 5.91 Å². The normalized spacial score (nSPS) is 9.93. The molecule has 5 nitrogen and oxygen atoms in total. The van der Waals surface area contributed by atoms with E-state index >= 15 is 0 Å². The number of rotatable bonds is 2. The summed E-state index contributed by atoms with van der Waals surface area (Å²) < 4.78 is 1.25. The number of hydrogen-bond donors (Lipinski definition) is 1. The van der Waals surface area contributed by atoms with E-state index in [4.69, 9.17) is 11.6 Å². The van der Waals surface area contributed by atoms with Gasteiger partial charge in [0.15, 0.2) is 0 Å². The third-order valence-corrected chi connectivity index (χ3v) is 1.94. The van der Waals surface area contributed by atoms with Crippen molar-refractivity contribution >= 4 is 17.5 Å². The molecule has 0 saturated carbocycles. The van der Waals surface area contributed by atoms with Crippen LogP contribution in [-0.2, 0) is 11.3 Å². The van der Waals surface area contributed by atoms with Gasteiger partial charge in [-0.3, -0.25) is 14.2 Å². The summed E-state index contributed by atoms with van der Waals surface area (Å²) in [5.74, 6) is 0.172. The third-order valence-electron chi connectivity index (χ3n) is 1.75. The SMILES string of the molecule is CNC(=O)Cn1c(C)nc(Cl)cc1=O. The number of nitrogens with one attached hydrogen (secondary N) is 1. The molecule has 1 heterocycles. The Labute approximate surface area is 85.7 Å². The van der Waals surface area contributed by atoms with Gasteiger partial charge in [-0.25, -0.2) is 4.98 Å². The first-order chi connectivity index (χ1) is 6.54. The first kappa shape index (κ1) is 10.7. The summed E-state index contributed by atoms with van der Waals surface area (Å²) in [4.78, 5) is 26.3. The van der Waals surface area contributed by atoms with Crippen LogP contribution in [0.4, 0.5) is 0 Å². The predicted molar refractivity (Wildman–Crippen MR) is 52.3 cm³/mol. The van der Waals surface area contributed by atoms with E-state index < -0.39 is 0 Å². The molecule has 76 valence electrons. The Hall–Kier alpha value is -1.36. The average Bonchev–Trinajstić information content (AvgIpc) is 2.10. The van der Waals surface area contributed by atoms with Crippen molar-refractivity contribution in [2.45, 2.75) is 13.5 Å². The Morgan fingerprint density at radius 1 is 1.71 bits per heavy atom. The van der Waals surface area contributed by atoms with Gasteiger partial charge in [0.25, 0.3) is 5.56 Å². The highest BCUT2D eigenvalue weighted by atomic mass is 35.5. The van der Waals surface area contributed by atoms with E-state index in [0.717, 1.165) is 0 Å². The van der Waals surface area contributed by atoms with E-state index in [-0.39, 0.29) is 23.2 Å². The Morgan fingerprint density at radius 3 is 2.86 bits per heavy atom. The molecule has 0 aliphatic heterocycles. The van der Waals surface area contributed by atoms with Crippen molar-refractivity contribution in [3.63, 3.8) is 0 Å². The molecule has 0 aliphatic rings. The molecule has 0 fully saturated rings. The lowest BCUT2D eigenvalue weighted by atomic mass is 10.5. The van der Waals surface area contributed by atoms with Crippen molar-refractivity contribution in [1.29, 1.82) is 0 Å². The molecule has 1 N–H and O–H groups in total. The molecule has 1 rings (SSSR count). The molecule has 1 aromatic heterocycles. The molecule has 0 bridgehead atoms. The van der Waals surface area contributed by atoms with Crippen molar-refractivity contribution in [3.05, 3.63) is 27.4 Å². The molecule has 14 heavy (non-hydrogen) atoms. The first-order valence-corrected chi connectivity index (χ1v) is 4.37. The fraction of sp³-hybridized carbons (Fsp3) is 0.375. The summed E-state index contributed by atoms with van der Waals surface area (Å²) in [6.45, 7) is 1.58. The lowest BCUT2D eigenvalue weighted by Gasteiger charge is -2.07. The van der Waals surface area contributed by atoms with Crippen LogP contribution in [0.5, 0.6) is 0 Å². The number of carbonyl (C=O) groups is 1. The Balaban J connectivity index is 3.09. The topological polar surface area (TPSA) is 64.0 Å². The van der Waals surface area contributed by atoms with Gasteiger partial charge in [-0.05, 0) is 6.92 Å². The van der Waals surface area contributed by atoms with Gasteiger partial charge in [0, 0.05) is 13.1 Å². The molecule has 0 saturated heterocycles. The maximum absolute atomic E-state index is 11.4. The zero-order valence-corrected chi connectivity index (χ0v) is 8.63. The predicted octanol–water partition coefficient (Wildman–Crippen LogP) is -0.0489. The van der Waals surface area contributed by atoms with Crippen molar-refractivity contribution in [2.75, 3.05) is 7.05 Å². The van der Waals surface area contributed by atoms with Gasteiger partial charge in [-0.15, -0.1) is 0 Å². The highest BCUT2D eigenvalue weighted by Gasteiger charge is 2.06. The highest BCUT2D eigenvalue weighted by molar-refractivity contribution is 6.29. The van der Waals surface area contributed by atoms with Gasteiger partial charge < -0.3 is 5.32 Å². The monoisotopic (exact) mass is 215 g/mol. The molecule has 1 aromatic rings. The first-order valence-electron chi connectivity index (χ1n) is 3.99. The van der Waals surface area contributed by atoms with E-state index in [9.17, 15) is 9.59 Å². The van der Waals surface area contributed by atoms with Gasteiger partial charge in [0.1, 0.15) is 17.5 Å². The second-order valence-electron chi connectivity index (χ2n) is 2.72. The minimum Gasteiger partial charge on any atom is -0.358 e. The molecule has 1 amide bonds. The van der Waals surface area contributed by atoms with Crippen LogP contribution in [0.2, 0.25) is 5.15 Å². The van der Waals surface area contributed by atoms with Crippen LogP contribution in [0.15, 0.2) is 10.9 Å². The van der Waals surface area contributed by atoms with Crippen LogP contribution in [0, 0.1) is 6.92 Å². The highest BCUT2D eigenvalue weighted by Crippen LogP contribution is 2.00. The number of aryl methyl sites for hydroxylation is 1. The van der Waals surface area contributed by atoms with Crippen LogP contribution in [-0.4, -0.2) is 22.5 Å². The summed E-state index contributed by atoms with van der Waals surface area (Å²) in [5, 5.41) is 2.56. The van der Waals surface area contributed by atoms with E-state index in [1.165, 1.54) is 17.7 Å². The van der Waals surface area contributed by atoms with E-state index in [1.807, 2.05) is 0 Å². The van der Waals surface area contributed by atoms with Crippen LogP contribution in [0.3, 0.4) is 0 Å². The smallest absolute Gasteiger partial charge is 0.255 e. The third kappa shape index (κ3) is 2.32.